The summed E-state index contributed by atoms with van der Waals surface area (Å²) in [6.07, 6.45) is 5.35. The van der Waals surface area contributed by atoms with Crippen LogP contribution in [0, 0.1) is 10.1 Å². The molecule has 25 heavy (non-hydrogen) atoms. The van der Waals surface area contributed by atoms with E-state index in [1.165, 1.54) is 12.3 Å². The number of carbonyl (C=O) groups excluding carboxylic acids is 2. The summed E-state index contributed by atoms with van der Waals surface area (Å²) in [6, 6.07) is 3.96. The summed E-state index contributed by atoms with van der Waals surface area (Å²) in [4.78, 5) is 35.3. The minimum atomic E-state index is -0.839. The lowest BCUT2D eigenvalue weighted by Gasteiger charge is -2.29. The Hall–Kier alpha value is -2.97. The summed E-state index contributed by atoms with van der Waals surface area (Å²) < 4.78 is 0. The molecule has 1 aliphatic heterocycles. The lowest BCUT2D eigenvalue weighted by atomic mass is 9.82. The van der Waals surface area contributed by atoms with Crippen LogP contribution in [0.1, 0.15) is 37.7 Å². The van der Waals surface area contributed by atoms with Crippen molar-refractivity contribution in [3.05, 3.63) is 33.9 Å². The molecule has 1 aliphatic carbocycles. The molecule has 9 nitrogen and oxygen atoms in total. The smallest absolute Gasteiger partial charge is 0.346 e. The second-order valence-electron chi connectivity index (χ2n) is 6.22. The van der Waals surface area contributed by atoms with Gasteiger partial charge >= 0.3 is 6.03 Å². The monoisotopic (exact) mass is 345 g/mol. The largest absolute Gasteiger partial charge is 0.383 e. The van der Waals surface area contributed by atoms with Gasteiger partial charge in [0.2, 0.25) is 0 Å². The number of nitrogens with zero attached hydrogens (tertiary/aromatic N) is 3. The van der Waals surface area contributed by atoms with Crippen molar-refractivity contribution in [3.8, 4) is 0 Å². The van der Waals surface area contributed by atoms with Gasteiger partial charge < -0.3 is 10.6 Å². The molecule has 0 radical (unpaired) electrons. The Morgan fingerprint density at radius 1 is 1.32 bits per heavy atom. The summed E-state index contributed by atoms with van der Waals surface area (Å²) in [7, 11) is 1.59. The molecule has 132 valence electrons. The van der Waals surface area contributed by atoms with Crippen LogP contribution in [0.25, 0.3) is 0 Å². The third-order valence-electron chi connectivity index (χ3n) is 4.66. The SMILES string of the molecule is CNc1ccc(/C=N/N2C(=O)NC3(CCCCC3)C2=O)cc1[N+](=O)[O-]. The lowest BCUT2D eigenvalue weighted by molar-refractivity contribution is -0.383. The first kappa shape index (κ1) is 16.9. The molecule has 1 aromatic carbocycles. The molecular weight excluding hydrogens is 326 g/mol. The van der Waals surface area contributed by atoms with Crippen molar-refractivity contribution < 1.29 is 14.5 Å². The third kappa shape index (κ3) is 3.04. The van der Waals surface area contributed by atoms with Gasteiger partial charge in [0.15, 0.2) is 0 Å². The number of urea groups is 1. The van der Waals surface area contributed by atoms with E-state index in [0.29, 0.717) is 24.1 Å². The highest BCUT2D eigenvalue weighted by molar-refractivity contribution is 6.07. The highest BCUT2D eigenvalue weighted by atomic mass is 16.6. The van der Waals surface area contributed by atoms with Crippen molar-refractivity contribution in [1.82, 2.24) is 10.3 Å². The number of nitro benzene ring substituents is 1. The van der Waals surface area contributed by atoms with Crippen molar-refractivity contribution in [2.75, 3.05) is 12.4 Å². The maximum Gasteiger partial charge on any atom is 0.346 e. The predicted octanol–water partition coefficient (Wildman–Crippen LogP) is 2.23. The Labute approximate surface area is 144 Å². The molecule has 9 heteroatoms. The number of rotatable bonds is 4. The second-order valence-corrected chi connectivity index (χ2v) is 6.22. The van der Waals surface area contributed by atoms with E-state index >= 15 is 0 Å². The molecule has 1 saturated carbocycles. The first-order valence-corrected chi connectivity index (χ1v) is 8.14. The number of benzene rings is 1. The number of imide groups is 1. The molecule has 0 bridgehead atoms. The number of anilines is 1. The molecule has 3 amide bonds. The van der Waals surface area contributed by atoms with Crippen LogP contribution in [0.3, 0.4) is 0 Å². The van der Waals surface area contributed by atoms with Gasteiger partial charge in [-0.15, -0.1) is 5.01 Å². The van der Waals surface area contributed by atoms with Gasteiger partial charge in [-0.25, -0.2) is 4.79 Å². The quantitative estimate of drug-likeness (QED) is 0.375. The van der Waals surface area contributed by atoms with Gasteiger partial charge in [0.1, 0.15) is 11.2 Å². The first-order valence-electron chi connectivity index (χ1n) is 8.14. The number of hydrogen-bond acceptors (Lipinski definition) is 6. The summed E-state index contributed by atoms with van der Waals surface area (Å²) in [6.45, 7) is 0. The summed E-state index contributed by atoms with van der Waals surface area (Å²) in [5.41, 5.74) is -0.143. The van der Waals surface area contributed by atoms with E-state index in [2.05, 4.69) is 15.7 Å². The molecule has 2 fully saturated rings. The van der Waals surface area contributed by atoms with E-state index in [4.69, 9.17) is 0 Å². The van der Waals surface area contributed by atoms with Crippen LogP contribution in [-0.4, -0.2) is 40.7 Å². The molecule has 1 saturated heterocycles. The molecule has 2 aliphatic rings. The molecule has 3 rings (SSSR count). The first-order chi connectivity index (χ1) is 12.0. The molecule has 0 unspecified atom stereocenters. The van der Waals surface area contributed by atoms with E-state index in [1.54, 1.807) is 19.2 Å². The summed E-state index contributed by atoms with van der Waals surface area (Å²) >= 11 is 0. The fourth-order valence-corrected chi connectivity index (χ4v) is 3.32. The number of nitro groups is 1. The van der Waals surface area contributed by atoms with Crippen molar-refractivity contribution in [2.24, 2.45) is 5.10 Å². The standard InChI is InChI=1S/C16H19N5O4/c1-17-12-6-5-11(9-13(12)21(24)25)10-18-20-14(22)16(19-15(20)23)7-3-2-4-8-16/h5-6,9-10,17H,2-4,7-8H2,1H3,(H,19,23)/b18-10+. The van der Waals surface area contributed by atoms with Crippen LogP contribution in [0.2, 0.25) is 0 Å². The van der Waals surface area contributed by atoms with Crippen LogP contribution in [-0.2, 0) is 4.79 Å². The Kier molecular flexibility index (Phi) is 4.39. The zero-order valence-corrected chi connectivity index (χ0v) is 13.8. The average Bonchev–Trinajstić information content (AvgIpc) is 2.83. The highest BCUT2D eigenvalue weighted by Gasteiger charge is 2.51. The van der Waals surface area contributed by atoms with Crippen molar-refractivity contribution in [3.63, 3.8) is 0 Å². The molecule has 2 N–H and O–H groups in total. The predicted molar refractivity (Wildman–Crippen MR) is 91.4 cm³/mol. The molecule has 0 aromatic heterocycles. The Morgan fingerprint density at radius 2 is 2.04 bits per heavy atom. The Morgan fingerprint density at radius 3 is 2.68 bits per heavy atom. The van der Waals surface area contributed by atoms with E-state index in [9.17, 15) is 19.7 Å². The van der Waals surface area contributed by atoms with Gasteiger partial charge in [-0.1, -0.05) is 25.3 Å². The number of hydrogen-bond donors (Lipinski definition) is 2. The number of carbonyl (C=O) groups is 2. The zero-order chi connectivity index (χ0) is 18.0. The van der Waals surface area contributed by atoms with E-state index in [-0.39, 0.29) is 11.6 Å². The number of nitrogens with one attached hydrogen (secondary N) is 2. The second kappa shape index (κ2) is 6.50. The summed E-state index contributed by atoms with van der Waals surface area (Å²) in [5.74, 6) is -0.352. The van der Waals surface area contributed by atoms with E-state index < -0.39 is 16.5 Å². The minimum absolute atomic E-state index is 0.104. The fourth-order valence-electron chi connectivity index (χ4n) is 3.32. The topological polar surface area (TPSA) is 117 Å². The summed E-state index contributed by atoms with van der Waals surface area (Å²) in [5, 5.41) is 21.4. The third-order valence-corrected chi connectivity index (χ3v) is 4.66. The van der Waals surface area contributed by atoms with Gasteiger partial charge in [0.05, 0.1) is 11.1 Å². The van der Waals surface area contributed by atoms with Crippen LogP contribution in [0.5, 0.6) is 0 Å². The number of amides is 3. The molecule has 1 aromatic rings. The Bertz CT molecular complexity index is 755. The van der Waals surface area contributed by atoms with Crippen LogP contribution in [0.15, 0.2) is 23.3 Å². The zero-order valence-electron chi connectivity index (χ0n) is 13.8. The van der Waals surface area contributed by atoms with Gasteiger partial charge in [-0.05, 0) is 18.9 Å². The normalized spacial score (nSPS) is 19.5. The maximum atomic E-state index is 12.6. The molecule has 1 spiro atoms. The van der Waals surface area contributed by atoms with Gasteiger partial charge in [-0.3, -0.25) is 14.9 Å². The highest BCUT2D eigenvalue weighted by Crippen LogP contribution is 2.33. The van der Waals surface area contributed by atoms with Crippen molar-refractivity contribution in [1.29, 1.82) is 0 Å². The van der Waals surface area contributed by atoms with Crippen LogP contribution in [0.4, 0.5) is 16.2 Å². The van der Waals surface area contributed by atoms with Crippen LogP contribution < -0.4 is 10.6 Å². The van der Waals surface area contributed by atoms with E-state index in [0.717, 1.165) is 24.3 Å². The molecular formula is C16H19N5O4. The molecule has 0 atom stereocenters. The average molecular weight is 345 g/mol. The molecule has 1 heterocycles. The maximum absolute atomic E-state index is 12.6. The van der Waals surface area contributed by atoms with E-state index in [1.807, 2.05) is 0 Å². The number of hydrazone groups is 1. The minimum Gasteiger partial charge on any atom is -0.383 e. The van der Waals surface area contributed by atoms with Gasteiger partial charge in [0, 0.05) is 18.7 Å². The lowest BCUT2D eigenvalue weighted by Crippen LogP contribution is -2.48. The van der Waals surface area contributed by atoms with Crippen LogP contribution >= 0.6 is 0 Å². The van der Waals surface area contributed by atoms with Crippen molar-refractivity contribution in [2.45, 2.75) is 37.6 Å². The van der Waals surface area contributed by atoms with Crippen molar-refractivity contribution >= 4 is 29.5 Å². The Balaban J connectivity index is 1.82. The fraction of sp³-hybridized carbons (Fsp3) is 0.438. The van der Waals surface area contributed by atoms with Gasteiger partial charge in [0.25, 0.3) is 11.6 Å². The van der Waals surface area contributed by atoms with Gasteiger partial charge in [-0.2, -0.15) is 5.10 Å².